The van der Waals surface area contributed by atoms with Gasteiger partial charge in [-0.05, 0) is 67.0 Å². The first kappa shape index (κ1) is 30.1. The van der Waals surface area contributed by atoms with Gasteiger partial charge in [-0.3, -0.25) is 14.6 Å². The number of piperazine rings is 1. The third-order valence-electron chi connectivity index (χ3n) is 8.53. The van der Waals surface area contributed by atoms with Crippen LogP contribution in [0.2, 0.25) is 0 Å². The summed E-state index contributed by atoms with van der Waals surface area (Å²) < 4.78 is 0. The summed E-state index contributed by atoms with van der Waals surface area (Å²) in [4.78, 5) is 38.5. The summed E-state index contributed by atoms with van der Waals surface area (Å²) in [5.74, 6) is 0.0852. The van der Waals surface area contributed by atoms with Crippen molar-refractivity contribution in [1.29, 1.82) is 0 Å². The lowest BCUT2D eigenvalue weighted by molar-refractivity contribution is -0.147. The predicted molar refractivity (Wildman–Crippen MR) is 173 cm³/mol. The SMILES string of the molecule is C[C@@H]1CN(C(=O)[C@H](N)Cc2ccc3ccccc3c2)[C@@H](CCCN=C(N)N)CN1C(=O)CCCc1c[nH]c2ccccc12. The van der Waals surface area contributed by atoms with Crippen molar-refractivity contribution in [2.75, 3.05) is 19.6 Å². The Morgan fingerprint density at radius 1 is 0.977 bits per heavy atom. The fraction of sp³-hybridized carbons (Fsp3) is 0.382. The Labute approximate surface area is 253 Å². The van der Waals surface area contributed by atoms with Crippen molar-refractivity contribution in [3.05, 3.63) is 84.1 Å². The number of H-pyrrole nitrogens is 1. The van der Waals surface area contributed by atoms with Crippen molar-refractivity contribution in [2.24, 2.45) is 22.2 Å². The highest BCUT2D eigenvalue weighted by Gasteiger charge is 2.37. The van der Waals surface area contributed by atoms with Gasteiger partial charge in [0.05, 0.1) is 6.04 Å². The zero-order valence-electron chi connectivity index (χ0n) is 24.9. The monoisotopic (exact) mass is 581 g/mol. The number of nitrogens with one attached hydrogen (secondary N) is 1. The summed E-state index contributed by atoms with van der Waals surface area (Å²) in [7, 11) is 0. The van der Waals surface area contributed by atoms with E-state index in [2.05, 4.69) is 46.4 Å². The summed E-state index contributed by atoms with van der Waals surface area (Å²) in [6.07, 6.45) is 5.91. The maximum Gasteiger partial charge on any atom is 0.240 e. The number of fused-ring (bicyclic) bond motifs is 2. The van der Waals surface area contributed by atoms with Gasteiger partial charge < -0.3 is 32.0 Å². The van der Waals surface area contributed by atoms with Crippen LogP contribution in [0.25, 0.3) is 21.7 Å². The average molecular weight is 582 g/mol. The molecule has 5 rings (SSSR count). The van der Waals surface area contributed by atoms with Crippen molar-refractivity contribution in [3.63, 3.8) is 0 Å². The normalized spacial score (nSPS) is 17.7. The largest absolute Gasteiger partial charge is 0.370 e. The van der Waals surface area contributed by atoms with Gasteiger partial charge in [-0.2, -0.15) is 0 Å². The predicted octanol–water partition coefficient (Wildman–Crippen LogP) is 3.70. The molecule has 9 heteroatoms. The average Bonchev–Trinajstić information content (AvgIpc) is 3.42. The van der Waals surface area contributed by atoms with Gasteiger partial charge in [0.25, 0.3) is 0 Å². The zero-order valence-corrected chi connectivity index (χ0v) is 24.9. The summed E-state index contributed by atoms with van der Waals surface area (Å²) in [6, 6.07) is 21.7. The molecule has 2 heterocycles. The molecule has 0 unspecified atom stereocenters. The van der Waals surface area contributed by atoms with Gasteiger partial charge in [0, 0.05) is 55.2 Å². The third-order valence-corrected chi connectivity index (χ3v) is 8.53. The molecular weight excluding hydrogens is 538 g/mol. The number of para-hydroxylation sites is 1. The summed E-state index contributed by atoms with van der Waals surface area (Å²) in [5.41, 5.74) is 20.9. The third kappa shape index (κ3) is 7.35. The highest BCUT2D eigenvalue weighted by Crippen LogP contribution is 2.24. The van der Waals surface area contributed by atoms with Gasteiger partial charge in [0.1, 0.15) is 0 Å². The topological polar surface area (TPSA) is 147 Å². The lowest BCUT2D eigenvalue weighted by Crippen LogP contribution is -2.62. The summed E-state index contributed by atoms with van der Waals surface area (Å²) in [5, 5.41) is 3.49. The zero-order chi connectivity index (χ0) is 30.3. The van der Waals surface area contributed by atoms with E-state index in [-0.39, 0.29) is 29.9 Å². The fourth-order valence-corrected chi connectivity index (χ4v) is 6.27. The Hall–Kier alpha value is -4.37. The number of hydrogen-bond acceptors (Lipinski definition) is 4. The number of carbonyl (C=O) groups is 2. The van der Waals surface area contributed by atoms with Crippen LogP contribution in [0.1, 0.15) is 43.7 Å². The first-order valence-electron chi connectivity index (χ1n) is 15.2. The second kappa shape index (κ2) is 13.7. The maximum absolute atomic E-state index is 13.8. The summed E-state index contributed by atoms with van der Waals surface area (Å²) >= 11 is 0. The molecule has 1 saturated heterocycles. The molecule has 1 aliphatic heterocycles. The lowest BCUT2D eigenvalue weighted by atomic mass is 9.97. The van der Waals surface area contributed by atoms with Gasteiger partial charge in [-0.15, -0.1) is 0 Å². The van der Waals surface area contributed by atoms with Crippen LogP contribution >= 0.6 is 0 Å². The second-order valence-electron chi connectivity index (χ2n) is 11.7. The minimum atomic E-state index is -0.674. The van der Waals surface area contributed by atoms with E-state index < -0.39 is 6.04 Å². The van der Waals surface area contributed by atoms with E-state index in [1.807, 2.05) is 53.3 Å². The molecule has 43 heavy (non-hydrogen) atoms. The van der Waals surface area contributed by atoms with Gasteiger partial charge >= 0.3 is 0 Å². The van der Waals surface area contributed by atoms with E-state index in [0.29, 0.717) is 45.3 Å². The van der Waals surface area contributed by atoms with Crippen LogP contribution in [-0.2, 0) is 22.4 Å². The molecule has 4 aromatic rings. The highest BCUT2D eigenvalue weighted by molar-refractivity contribution is 5.86. The molecule has 3 atom stereocenters. The molecule has 2 amide bonds. The molecular formula is C34H43N7O2. The molecule has 0 saturated carbocycles. The second-order valence-corrected chi connectivity index (χ2v) is 11.7. The van der Waals surface area contributed by atoms with Crippen molar-refractivity contribution >= 4 is 39.4 Å². The first-order valence-corrected chi connectivity index (χ1v) is 15.2. The van der Waals surface area contributed by atoms with Crippen LogP contribution < -0.4 is 17.2 Å². The van der Waals surface area contributed by atoms with Crippen molar-refractivity contribution in [3.8, 4) is 0 Å². The number of aromatic nitrogens is 1. The number of benzene rings is 3. The Bertz CT molecular complexity index is 1590. The standard InChI is InChI=1S/C34H43N7O2/c1-23-21-41(33(43)30(35)19-24-15-16-25-8-2-3-9-26(25)18-24)28(11-7-17-38-34(36)37)22-40(23)32(42)14-6-10-27-20-39-31-13-5-4-12-29(27)31/h2-5,8-9,12-13,15-16,18,20,23,28,30,39H,6-7,10-11,14,17,19,21-22,35H2,1H3,(H4,36,37,38)/t23-,28+,30-/m1/s1. The van der Waals surface area contributed by atoms with Crippen LogP contribution in [0.15, 0.2) is 77.9 Å². The van der Waals surface area contributed by atoms with E-state index in [4.69, 9.17) is 17.2 Å². The van der Waals surface area contributed by atoms with Crippen molar-refractivity contribution in [1.82, 2.24) is 14.8 Å². The van der Waals surface area contributed by atoms with Crippen LogP contribution in [0.4, 0.5) is 0 Å². The number of carbonyl (C=O) groups excluding carboxylic acids is 2. The van der Waals surface area contributed by atoms with Gasteiger partial charge in [0.15, 0.2) is 5.96 Å². The molecule has 3 aromatic carbocycles. The number of guanidine groups is 1. The first-order chi connectivity index (χ1) is 20.8. The van der Waals surface area contributed by atoms with Gasteiger partial charge in [-0.25, -0.2) is 0 Å². The van der Waals surface area contributed by atoms with E-state index in [9.17, 15) is 9.59 Å². The van der Waals surface area contributed by atoms with E-state index in [0.717, 1.165) is 34.7 Å². The summed E-state index contributed by atoms with van der Waals surface area (Å²) in [6.45, 7) is 3.41. The van der Waals surface area contributed by atoms with Crippen LogP contribution in [0.3, 0.4) is 0 Å². The molecule has 1 fully saturated rings. The van der Waals surface area contributed by atoms with Gasteiger partial charge in [0.2, 0.25) is 11.8 Å². The highest BCUT2D eigenvalue weighted by atomic mass is 16.2. The quantitative estimate of drug-likeness (QED) is 0.121. The van der Waals surface area contributed by atoms with Crippen molar-refractivity contribution < 1.29 is 9.59 Å². The number of amides is 2. The molecule has 0 radical (unpaired) electrons. The number of nitrogens with zero attached hydrogens (tertiary/aromatic N) is 3. The van der Waals surface area contributed by atoms with Crippen molar-refractivity contribution in [2.45, 2.75) is 63.6 Å². The number of nitrogens with two attached hydrogens (primary N) is 3. The lowest BCUT2D eigenvalue weighted by Gasteiger charge is -2.46. The molecule has 1 aliphatic rings. The van der Waals surface area contributed by atoms with Crippen LogP contribution in [0, 0.1) is 0 Å². The Balaban J connectivity index is 1.23. The minimum Gasteiger partial charge on any atom is -0.370 e. The Morgan fingerprint density at radius 2 is 1.74 bits per heavy atom. The fourth-order valence-electron chi connectivity index (χ4n) is 6.27. The molecule has 1 aromatic heterocycles. The molecule has 226 valence electrons. The van der Waals surface area contributed by atoms with E-state index in [1.165, 1.54) is 10.9 Å². The number of rotatable bonds is 11. The minimum absolute atomic E-state index is 0.0506. The number of aliphatic imine (C=N–C) groups is 1. The maximum atomic E-state index is 13.8. The van der Waals surface area contributed by atoms with E-state index >= 15 is 0 Å². The molecule has 0 bridgehead atoms. The van der Waals surface area contributed by atoms with Crippen LogP contribution in [0.5, 0.6) is 0 Å². The Morgan fingerprint density at radius 3 is 2.56 bits per heavy atom. The number of aryl methyl sites for hydroxylation is 1. The van der Waals surface area contributed by atoms with E-state index in [1.54, 1.807) is 0 Å². The molecule has 0 spiro atoms. The molecule has 7 N–H and O–H groups in total. The molecule has 0 aliphatic carbocycles. The Kier molecular flexibility index (Phi) is 9.61. The number of hydrogen-bond donors (Lipinski definition) is 4. The molecule has 9 nitrogen and oxygen atoms in total. The number of aromatic amines is 1. The smallest absolute Gasteiger partial charge is 0.240 e. The van der Waals surface area contributed by atoms with Gasteiger partial charge in [-0.1, -0.05) is 60.7 Å². The van der Waals surface area contributed by atoms with Crippen LogP contribution in [-0.4, -0.2) is 70.3 Å².